The van der Waals surface area contributed by atoms with Gasteiger partial charge in [0, 0.05) is 19.0 Å². The Labute approximate surface area is 148 Å². The highest BCUT2D eigenvalue weighted by atomic mass is 16.5. The number of hydrogen-bond donors (Lipinski definition) is 2. The van der Waals surface area contributed by atoms with Crippen LogP contribution in [0.2, 0.25) is 0 Å². The first kappa shape index (κ1) is 18.4. The molecular weight excluding hydrogens is 320 g/mol. The van der Waals surface area contributed by atoms with Crippen molar-refractivity contribution < 1.29 is 19.0 Å². The second-order valence-corrected chi connectivity index (χ2v) is 5.49. The minimum atomic E-state index is -0.109. The van der Waals surface area contributed by atoms with Crippen molar-refractivity contribution in [3.8, 4) is 17.2 Å². The van der Waals surface area contributed by atoms with Gasteiger partial charge in [-0.25, -0.2) is 0 Å². The summed E-state index contributed by atoms with van der Waals surface area (Å²) in [5.41, 5.74) is 2.61. The zero-order chi connectivity index (χ0) is 18.2. The molecule has 6 heteroatoms. The van der Waals surface area contributed by atoms with Crippen LogP contribution in [0, 0.1) is 6.92 Å². The zero-order valence-corrected chi connectivity index (χ0v) is 15.0. The van der Waals surface area contributed by atoms with Crippen LogP contribution in [0.5, 0.6) is 17.2 Å². The summed E-state index contributed by atoms with van der Waals surface area (Å²) in [5, 5.41) is 6.08. The maximum Gasteiger partial charge on any atom is 0.226 e. The second-order valence-electron chi connectivity index (χ2n) is 5.49. The van der Waals surface area contributed by atoms with Crippen molar-refractivity contribution in [2.75, 3.05) is 38.5 Å². The molecule has 0 radical (unpaired) electrons. The van der Waals surface area contributed by atoms with Gasteiger partial charge in [0.05, 0.1) is 32.7 Å². The van der Waals surface area contributed by atoms with Crippen molar-refractivity contribution in [3.63, 3.8) is 0 Å². The summed E-state index contributed by atoms with van der Waals surface area (Å²) < 4.78 is 15.7. The molecule has 0 aromatic heterocycles. The summed E-state index contributed by atoms with van der Waals surface area (Å²) in [4.78, 5) is 12.2. The summed E-state index contributed by atoms with van der Waals surface area (Å²) in [7, 11) is 4.76. The van der Waals surface area contributed by atoms with Crippen LogP contribution in [-0.2, 0) is 4.79 Å². The lowest BCUT2D eigenvalue weighted by Gasteiger charge is -2.13. The lowest BCUT2D eigenvalue weighted by Crippen LogP contribution is -2.17. The van der Waals surface area contributed by atoms with E-state index >= 15 is 0 Å². The van der Waals surface area contributed by atoms with Gasteiger partial charge in [-0.15, -0.1) is 0 Å². The number of anilines is 2. The van der Waals surface area contributed by atoms with Gasteiger partial charge >= 0.3 is 0 Å². The minimum absolute atomic E-state index is 0.109. The topological polar surface area (TPSA) is 68.8 Å². The number of carbonyl (C=O) groups excluding carboxylic acids is 1. The minimum Gasteiger partial charge on any atom is -0.497 e. The SMILES string of the molecule is COc1ccc(NC(=O)CCNc2cc(C)ccc2OC)c(OC)c1. The molecule has 0 aliphatic rings. The van der Waals surface area contributed by atoms with Crippen LogP contribution in [0.1, 0.15) is 12.0 Å². The quantitative estimate of drug-likeness (QED) is 0.767. The zero-order valence-electron chi connectivity index (χ0n) is 15.0. The monoisotopic (exact) mass is 344 g/mol. The number of ether oxygens (including phenoxy) is 3. The summed E-state index contributed by atoms with van der Waals surface area (Å²) in [6, 6.07) is 11.1. The second kappa shape index (κ2) is 8.82. The molecular formula is C19H24N2O4. The van der Waals surface area contributed by atoms with Gasteiger partial charge in [0.15, 0.2) is 0 Å². The van der Waals surface area contributed by atoms with Gasteiger partial charge in [0.1, 0.15) is 17.2 Å². The Hall–Kier alpha value is -2.89. The van der Waals surface area contributed by atoms with Crippen molar-refractivity contribution in [2.45, 2.75) is 13.3 Å². The number of aryl methyl sites for hydroxylation is 1. The standard InChI is InChI=1S/C19H24N2O4/c1-13-5-8-17(24-3)16(11-13)20-10-9-19(22)21-15-7-6-14(23-2)12-18(15)25-4/h5-8,11-12,20H,9-10H2,1-4H3,(H,21,22). The van der Waals surface area contributed by atoms with Gasteiger partial charge in [-0.2, -0.15) is 0 Å². The van der Waals surface area contributed by atoms with E-state index in [0.29, 0.717) is 30.2 Å². The average Bonchev–Trinajstić information content (AvgIpc) is 2.62. The predicted octanol–water partition coefficient (Wildman–Crippen LogP) is 3.46. The predicted molar refractivity (Wildman–Crippen MR) is 99.0 cm³/mol. The number of nitrogens with one attached hydrogen (secondary N) is 2. The van der Waals surface area contributed by atoms with E-state index in [-0.39, 0.29) is 5.91 Å². The number of hydrogen-bond acceptors (Lipinski definition) is 5. The normalized spacial score (nSPS) is 10.1. The van der Waals surface area contributed by atoms with Gasteiger partial charge < -0.3 is 24.8 Å². The molecule has 0 saturated carbocycles. The molecule has 1 amide bonds. The van der Waals surface area contributed by atoms with Gasteiger partial charge in [0.2, 0.25) is 5.91 Å². The van der Waals surface area contributed by atoms with Crippen molar-refractivity contribution >= 4 is 17.3 Å². The lowest BCUT2D eigenvalue weighted by atomic mass is 10.2. The highest BCUT2D eigenvalue weighted by Gasteiger charge is 2.09. The summed E-state index contributed by atoms with van der Waals surface area (Å²) >= 11 is 0. The molecule has 2 rings (SSSR count). The molecule has 0 atom stereocenters. The van der Waals surface area contributed by atoms with Crippen LogP contribution < -0.4 is 24.8 Å². The lowest BCUT2D eigenvalue weighted by molar-refractivity contribution is -0.116. The molecule has 0 aliphatic carbocycles. The number of carbonyl (C=O) groups is 1. The molecule has 2 N–H and O–H groups in total. The van der Waals surface area contributed by atoms with E-state index in [4.69, 9.17) is 14.2 Å². The summed E-state index contributed by atoms with van der Waals surface area (Å²) in [6.45, 7) is 2.50. The van der Waals surface area contributed by atoms with Crippen molar-refractivity contribution in [2.24, 2.45) is 0 Å². The Morgan fingerprint density at radius 1 is 0.920 bits per heavy atom. The Kier molecular flexibility index (Phi) is 6.51. The van der Waals surface area contributed by atoms with Crippen LogP contribution in [0.15, 0.2) is 36.4 Å². The maximum atomic E-state index is 12.2. The molecule has 0 aliphatic heterocycles. The fraction of sp³-hybridized carbons (Fsp3) is 0.316. The molecule has 134 valence electrons. The van der Waals surface area contributed by atoms with Crippen LogP contribution in [0.25, 0.3) is 0 Å². The highest BCUT2D eigenvalue weighted by Crippen LogP contribution is 2.29. The van der Waals surface area contributed by atoms with Crippen LogP contribution in [0.3, 0.4) is 0 Å². The molecule has 0 bridgehead atoms. The number of benzene rings is 2. The molecule has 0 heterocycles. The van der Waals surface area contributed by atoms with Gasteiger partial charge in [-0.1, -0.05) is 6.07 Å². The van der Waals surface area contributed by atoms with Crippen LogP contribution in [0.4, 0.5) is 11.4 Å². The maximum absolute atomic E-state index is 12.2. The highest BCUT2D eigenvalue weighted by molar-refractivity contribution is 5.92. The Morgan fingerprint density at radius 3 is 2.36 bits per heavy atom. The van der Waals surface area contributed by atoms with E-state index in [0.717, 1.165) is 17.0 Å². The van der Waals surface area contributed by atoms with Crippen LogP contribution in [-0.4, -0.2) is 33.8 Å². The number of rotatable bonds is 8. The fourth-order valence-electron chi connectivity index (χ4n) is 2.39. The molecule has 2 aromatic rings. The average molecular weight is 344 g/mol. The van der Waals surface area contributed by atoms with Crippen LogP contribution >= 0.6 is 0 Å². The number of amides is 1. The molecule has 0 spiro atoms. The third-order valence-electron chi connectivity index (χ3n) is 3.71. The summed E-state index contributed by atoms with van der Waals surface area (Å²) in [5.74, 6) is 1.87. The van der Waals surface area contributed by atoms with E-state index in [9.17, 15) is 4.79 Å². The van der Waals surface area contributed by atoms with Crippen molar-refractivity contribution in [1.82, 2.24) is 0 Å². The van der Waals surface area contributed by atoms with Gasteiger partial charge in [-0.05, 0) is 36.8 Å². The van der Waals surface area contributed by atoms with Gasteiger partial charge in [-0.3, -0.25) is 4.79 Å². The molecule has 25 heavy (non-hydrogen) atoms. The molecule has 2 aromatic carbocycles. The van der Waals surface area contributed by atoms with E-state index in [1.165, 1.54) is 0 Å². The van der Waals surface area contributed by atoms with E-state index in [1.807, 2.05) is 25.1 Å². The Bertz CT molecular complexity index is 731. The van der Waals surface area contributed by atoms with Crippen molar-refractivity contribution in [3.05, 3.63) is 42.0 Å². The summed E-state index contributed by atoms with van der Waals surface area (Å²) in [6.07, 6.45) is 0.312. The molecule has 0 saturated heterocycles. The Balaban J connectivity index is 1.92. The largest absolute Gasteiger partial charge is 0.497 e. The molecule has 0 fully saturated rings. The van der Waals surface area contributed by atoms with Crippen molar-refractivity contribution in [1.29, 1.82) is 0 Å². The van der Waals surface area contributed by atoms with E-state index < -0.39 is 0 Å². The smallest absolute Gasteiger partial charge is 0.226 e. The third-order valence-corrected chi connectivity index (χ3v) is 3.71. The first-order valence-corrected chi connectivity index (χ1v) is 7.97. The molecule has 0 unspecified atom stereocenters. The third kappa shape index (κ3) is 5.04. The number of methoxy groups -OCH3 is 3. The first-order chi connectivity index (χ1) is 12.1. The molecule has 6 nitrogen and oxygen atoms in total. The fourth-order valence-corrected chi connectivity index (χ4v) is 2.39. The Morgan fingerprint density at radius 2 is 1.68 bits per heavy atom. The van der Waals surface area contributed by atoms with Gasteiger partial charge in [0.25, 0.3) is 0 Å². The van der Waals surface area contributed by atoms with E-state index in [2.05, 4.69) is 10.6 Å². The van der Waals surface area contributed by atoms with E-state index in [1.54, 1.807) is 39.5 Å². The first-order valence-electron chi connectivity index (χ1n) is 7.97.